The highest BCUT2D eigenvalue weighted by Gasteiger charge is 2.56. The van der Waals surface area contributed by atoms with Gasteiger partial charge in [-0.15, -0.1) is 0 Å². The molecule has 14 atom stereocenters. The van der Waals surface area contributed by atoms with Crippen LogP contribution >= 0.6 is 0 Å². The van der Waals surface area contributed by atoms with Crippen molar-refractivity contribution in [1.82, 2.24) is 4.90 Å². The Labute approximate surface area is 361 Å². The molecule has 61 heavy (non-hydrogen) atoms. The lowest BCUT2D eigenvalue weighted by Crippen LogP contribution is -2.64. The van der Waals surface area contributed by atoms with Gasteiger partial charge in [-0.2, -0.15) is 0 Å². The number of ether oxygens (including phenoxy) is 6. The van der Waals surface area contributed by atoms with Crippen molar-refractivity contribution < 1.29 is 67.0 Å². The summed E-state index contributed by atoms with van der Waals surface area (Å²) < 4.78 is 50.0. The van der Waals surface area contributed by atoms with Crippen LogP contribution in [0.4, 0.5) is 4.39 Å². The average Bonchev–Trinajstić information content (AvgIpc) is 3.23. The minimum Gasteiger partial charge on any atom is -0.464 e. The number of allylic oxidation sites excluding steroid dienone is 3. The third-order valence-electron chi connectivity index (χ3n) is 13.2. The number of methoxy groups -OCH3 is 2. The van der Waals surface area contributed by atoms with Crippen LogP contribution in [-0.2, 0) is 52.4 Å². The van der Waals surface area contributed by atoms with Crippen molar-refractivity contribution in [2.24, 2.45) is 29.6 Å². The van der Waals surface area contributed by atoms with Crippen LogP contribution in [0.5, 0.6) is 0 Å². The lowest BCUT2D eigenvalue weighted by molar-refractivity contribution is -0.302. The molecule has 0 aromatic heterocycles. The first-order valence-electron chi connectivity index (χ1n) is 22.4. The zero-order chi connectivity index (χ0) is 45.2. The zero-order valence-corrected chi connectivity index (χ0v) is 37.8. The van der Waals surface area contributed by atoms with E-state index >= 15 is 4.39 Å². The predicted octanol–water partition coefficient (Wildman–Crippen LogP) is 5.38. The molecule has 4 aliphatic rings. The summed E-state index contributed by atoms with van der Waals surface area (Å²) >= 11 is 0. The summed E-state index contributed by atoms with van der Waals surface area (Å²) in [4.78, 5) is 69.6. The Hall–Kier alpha value is -3.08. The second-order valence-corrected chi connectivity index (χ2v) is 18.0. The van der Waals surface area contributed by atoms with Crippen LogP contribution in [0.1, 0.15) is 119 Å². The van der Waals surface area contributed by atoms with Gasteiger partial charge in [0.15, 0.2) is 5.78 Å². The summed E-state index contributed by atoms with van der Waals surface area (Å²) in [5, 5.41) is 23.7. The first-order valence-corrected chi connectivity index (χ1v) is 22.4. The van der Waals surface area contributed by atoms with E-state index in [1.54, 1.807) is 27.7 Å². The molecule has 2 saturated heterocycles. The number of aliphatic hydroxyl groups is 2. The molecule has 2 bridgehead atoms. The van der Waals surface area contributed by atoms with Crippen molar-refractivity contribution in [2.75, 3.05) is 34.0 Å². The zero-order valence-electron chi connectivity index (χ0n) is 37.8. The van der Waals surface area contributed by atoms with Gasteiger partial charge in [0.25, 0.3) is 11.7 Å². The van der Waals surface area contributed by atoms with E-state index in [1.165, 1.54) is 14.2 Å². The Bertz CT molecular complexity index is 1590. The number of amides is 1. The predicted molar refractivity (Wildman–Crippen MR) is 223 cm³/mol. The molecule has 346 valence electrons. The van der Waals surface area contributed by atoms with Gasteiger partial charge in [0.1, 0.15) is 31.0 Å². The lowest BCUT2D eigenvalue weighted by Gasteiger charge is -2.47. The minimum absolute atomic E-state index is 0.0302. The molecule has 15 heteroatoms. The van der Waals surface area contributed by atoms with Gasteiger partial charge in [0, 0.05) is 39.0 Å². The number of nitrogens with zero attached hydrogens (tertiary/aromatic N) is 1. The van der Waals surface area contributed by atoms with Crippen molar-refractivity contribution in [3.8, 4) is 0 Å². The van der Waals surface area contributed by atoms with E-state index in [2.05, 4.69) is 0 Å². The topological polar surface area (TPSA) is 184 Å². The number of ketones is 2. The smallest absolute Gasteiger partial charge is 0.332 e. The fraction of sp³-hybridized carbons (Fsp3) is 0.804. The number of fused-ring (bicyclic) bond motifs is 3. The fourth-order valence-electron chi connectivity index (χ4n) is 9.71. The maximum atomic E-state index is 15.4. The Morgan fingerprint density at radius 3 is 2.30 bits per heavy atom. The number of rotatable bonds is 9. The summed E-state index contributed by atoms with van der Waals surface area (Å²) in [5.74, 6) is -8.40. The molecule has 0 aromatic carbocycles. The molecule has 0 spiro atoms. The number of hydrogen-bond acceptors (Lipinski definition) is 13. The van der Waals surface area contributed by atoms with Crippen molar-refractivity contribution in [1.29, 1.82) is 0 Å². The lowest BCUT2D eigenvalue weighted by atomic mass is 9.81. The van der Waals surface area contributed by atoms with Crippen molar-refractivity contribution in [3.63, 3.8) is 0 Å². The number of carbonyl (C=O) groups is 5. The molecule has 1 aliphatic carbocycles. The largest absolute Gasteiger partial charge is 0.464 e. The molecule has 3 fully saturated rings. The van der Waals surface area contributed by atoms with Gasteiger partial charge >= 0.3 is 11.9 Å². The fourth-order valence-corrected chi connectivity index (χ4v) is 9.71. The summed E-state index contributed by atoms with van der Waals surface area (Å²) in [6.07, 6.45) is 0.811. The molecule has 1 amide bonds. The summed E-state index contributed by atoms with van der Waals surface area (Å²) in [5.41, 5.74) is 1.10. The minimum atomic E-state index is -2.54. The second-order valence-electron chi connectivity index (χ2n) is 18.0. The van der Waals surface area contributed by atoms with Crippen LogP contribution in [0.25, 0.3) is 0 Å². The number of hydrogen-bond donors (Lipinski definition) is 2. The second kappa shape index (κ2) is 23.0. The number of aliphatic hydroxyl groups excluding tert-OH is 1. The van der Waals surface area contributed by atoms with Crippen molar-refractivity contribution in [2.45, 2.75) is 174 Å². The van der Waals surface area contributed by atoms with Gasteiger partial charge in [-0.3, -0.25) is 14.4 Å². The first kappa shape index (κ1) is 50.6. The van der Waals surface area contributed by atoms with E-state index in [1.807, 2.05) is 32.9 Å². The Morgan fingerprint density at radius 1 is 0.967 bits per heavy atom. The summed E-state index contributed by atoms with van der Waals surface area (Å²) in [6.45, 7) is 12.5. The highest BCUT2D eigenvalue weighted by molar-refractivity contribution is 6.39. The van der Waals surface area contributed by atoms with Crippen molar-refractivity contribution >= 4 is 29.4 Å². The number of esters is 2. The Balaban J connectivity index is 1.71. The van der Waals surface area contributed by atoms with Gasteiger partial charge in [-0.1, -0.05) is 46.8 Å². The highest BCUT2D eigenvalue weighted by atomic mass is 19.1. The van der Waals surface area contributed by atoms with Crippen LogP contribution in [0.2, 0.25) is 0 Å². The number of halogens is 1. The number of carbonyl (C=O) groups excluding carboxylic acids is 5. The van der Waals surface area contributed by atoms with E-state index in [4.69, 9.17) is 28.4 Å². The Morgan fingerprint density at radius 2 is 1.66 bits per heavy atom. The molecule has 3 heterocycles. The third-order valence-corrected chi connectivity index (χ3v) is 13.2. The standard InChI is InChI=1S/C46H72FNO13/c1-10-32-19-26(3)18-27(4)20-38(56-8)42-39(57-9)22-29(6)46(55,61-42)43(52)44(53)48-17-13-12-14-34(48)45(54)60-41(30(7)35(49)24-36(32)50)28(5)21-31-15-16-37(33(47)23-31)59-25-40(51)58-11-2/h19,21,26-27,29-31,33-35,37-39,41-42,49,55H,10-18,20,22-25H2,1-9H3/b28-21?,32-19+. The van der Waals surface area contributed by atoms with E-state index in [0.29, 0.717) is 56.1 Å². The quantitative estimate of drug-likeness (QED) is 0.171. The van der Waals surface area contributed by atoms with E-state index < -0.39 is 90.1 Å². The van der Waals surface area contributed by atoms with Gasteiger partial charge in [-0.05, 0) is 107 Å². The van der Waals surface area contributed by atoms with Gasteiger partial charge in [-0.25, -0.2) is 14.0 Å². The number of cyclic esters (lactones) is 1. The maximum absolute atomic E-state index is 15.4. The first-order chi connectivity index (χ1) is 28.9. The number of Topliss-reactive ketones (excluding diaryl/α,β-unsaturated/α-hetero) is 2. The molecule has 0 aromatic rings. The number of piperidine rings is 1. The Kier molecular flexibility index (Phi) is 19.1. The molecule has 1 saturated carbocycles. The monoisotopic (exact) mass is 865 g/mol. The summed E-state index contributed by atoms with van der Waals surface area (Å²) in [7, 11) is 3.04. The molecule has 3 aliphatic heterocycles. The third kappa shape index (κ3) is 12.8. The molecule has 14 nitrogen and oxygen atoms in total. The molecule has 2 N–H and O–H groups in total. The molecule has 4 rings (SSSR count). The van der Waals surface area contributed by atoms with E-state index in [0.717, 1.165) is 4.90 Å². The van der Waals surface area contributed by atoms with Gasteiger partial charge in [0.2, 0.25) is 5.79 Å². The average molecular weight is 866 g/mol. The van der Waals surface area contributed by atoms with E-state index in [-0.39, 0.29) is 69.0 Å². The van der Waals surface area contributed by atoms with Gasteiger partial charge < -0.3 is 43.5 Å². The van der Waals surface area contributed by atoms with E-state index in [9.17, 15) is 34.2 Å². The van der Waals surface area contributed by atoms with Crippen LogP contribution in [0.3, 0.4) is 0 Å². The summed E-state index contributed by atoms with van der Waals surface area (Å²) in [6, 6.07) is -1.20. The molecular weight excluding hydrogens is 793 g/mol. The van der Waals surface area contributed by atoms with Gasteiger partial charge in [0.05, 0.1) is 31.0 Å². The molecular formula is C46H72FNO13. The van der Waals surface area contributed by atoms with Crippen LogP contribution in [-0.4, -0.2) is 133 Å². The van der Waals surface area contributed by atoms with Crippen molar-refractivity contribution in [3.05, 3.63) is 23.3 Å². The van der Waals surface area contributed by atoms with Crippen LogP contribution < -0.4 is 0 Å². The van der Waals surface area contributed by atoms with Crippen LogP contribution in [0, 0.1) is 29.6 Å². The van der Waals surface area contributed by atoms with Crippen LogP contribution in [0.15, 0.2) is 23.3 Å². The molecule has 14 unspecified atom stereocenters. The number of alkyl halides is 1. The normalized spacial score (nSPS) is 39.0. The maximum Gasteiger partial charge on any atom is 0.332 e. The SMILES string of the molecule is CCOC(=O)COC1CCC(C=C(C)C2OC(=O)C3CCCCN3C(=O)C(=O)C3(O)OC(C(OC)CC(C)CC(C)/C=C(\CC)C(=O)CC(O)C2C)C(OC)CC3C)CC1F. The highest BCUT2D eigenvalue weighted by Crippen LogP contribution is 2.39. The molecule has 0 radical (unpaired) electrons.